The molecule has 38 heavy (non-hydrogen) atoms. The number of nitrogens with zero attached hydrogens (tertiary/aromatic N) is 3. The molecule has 0 bridgehead atoms. The van der Waals surface area contributed by atoms with E-state index in [1.54, 1.807) is 0 Å². The number of aromatic amines is 1. The van der Waals surface area contributed by atoms with Crippen LogP contribution in [0.3, 0.4) is 0 Å². The molecule has 1 aromatic heterocycles. The molecule has 1 atom stereocenters. The number of hydrogen-bond acceptors (Lipinski definition) is 6. The molecule has 0 aliphatic carbocycles. The molecule has 3 N–H and O–H groups in total. The summed E-state index contributed by atoms with van der Waals surface area (Å²) in [6.07, 6.45) is 4.29. The normalized spacial score (nSPS) is 23.9. The number of esters is 1. The molecule has 1 spiro atoms. The van der Waals surface area contributed by atoms with Crippen LogP contribution >= 0.6 is 0 Å². The standard InChI is InChI=1S/C28H38N6O4/c1-4-29-26(37)32-23-21(30-22(31-23)19-9-6-5-7-10-19)24(35)33-15-11-20(12-16-33)34-14-8-13-28(18-34)17-27(2,3)38-25(28)36/h5-7,9-10,20H,4,8,11-18H2,1-3H3,(H,30,31)(H2,29,32,37). The zero-order valence-electron chi connectivity index (χ0n) is 22.5. The lowest BCUT2D eigenvalue weighted by Crippen LogP contribution is -2.53. The molecule has 5 rings (SSSR count). The van der Waals surface area contributed by atoms with E-state index in [9.17, 15) is 14.4 Å². The predicted molar refractivity (Wildman–Crippen MR) is 144 cm³/mol. The van der Waals surface area contributed by atoms with Gasteiger partial charge in [-0.2, -0.15) is 0 Å². The Bertz CT molecular complexity index is 1190. The second-order valence-corrected chi connectivity index (χ2v) is 11.4. The minimum Gasteiger partial charge on any atom is -0.459 e. The molecular formula is C28H38N6O4. The van der Waals surface area contributed by atoms with Crippen LogP contribution in [-0.4, -0.2) is 82.0 Å². The van der Waals surface area contributed by atoms with Gasteiger partial charge in [-0.25, -0.2) is 9.78 Å². The maximum absolute atomic E-state index is 13.6. The second-order valence-electron chi connectivity index (χ2n) is 11.4. The summed E-state index contributed by atoms with van der Waals surface area (Å²) in [7, 11) is 0. The van der Waals surface area contributed by atoms with Gasteiger partial charge in [0, 0.05) is 44.2 Å². The molecule has 2 aromatic rings. The van der Waals surface area contributed by atoms with E-state index in [2.05, 4.69) is 25.5 Å². The number of likely N-dealkylation sites (tertiary alicyclic amines) is 2. The molecule has 4 heterocycles. The Morgan fingerprint density at radius 3 is 2.55 bits per heavy atom. The van der Waals surface area contributed by atoms with E-state index in [0.717, 1.165) is 50.8 Å². The minimum atomic E-state index is -0.405. The number of hydrogen-bond donors (Lipinski definition) is 3. The summed E-state index contributed by atoms with van der Waals surface area (Å²) < 4.78 is 5.70. The zero-order chi connectivity index (χ0) is 26.9. The number of anilines is 1. The van der Waals surface area contributed by atoms with Gasteiger partial charge in [0.1, 0.15) is 17.1 Å². The first-order valence-electron chi connectivity index (χ1n) is 13.7. The van der Waals surface area contributed by atoms with Gasteiger partial charge in [0.25, 0.3) is 5.91 Å². The van der Waals surface area contributed by atoms with E-state index in [-0.39, 0.29) is 23.4 Å². The number of imidazole rings is 1. The number of rotatable bonds is 5. The molecule has 10 nitrogen and oxygen atoms in total. The fourth-order valence-corrected chi connectivity index (χ4v) is 6.33. The van der Waals surface area contributed by atoms with Gasteiger partial charge in [0.05, 0.1) is 5.41 Å². The van der Waals surface area contributed by atoms with Crippen molar-refractivity contribution < 1.29 is 19.1 Å². The number of nitrogens with one attached hydrogen (secondary N) is 3. The van der Waals surface area contributed by atoms with Crippen molar-refractivity contribution in [2.45, 2.75) is 64.5 Å². The molecule has 3 aliphatic rings. The lowest BCUT2D eigenvalue weighted by Gasteiger charge is -2.44. The van der Waals surface area contributed by atoms with Crippen LogP contribution in [0.25, 0.3) is 11.4 Å². The summed E-state index contributed by atoms with van der Waals surface area (Å²) in [6.45, 7) is 9.19. The highest BCUT2D eigenvalue weighted by atomic mass is 16.6. The van der Waals surface area contributed by atoms with Crippen LogP contribution in [0, 0.1) is 5.41 Å². The third kappa shape index (κ3) is 5.27. The van der Waals surface area contributed by atoms with E-state index in [4.69, 9.17) is 4.74 Å². The number of carbonyl (C=O) groups excluding carboxylic acids is 3. The fourth-order valence-electron chi connectivity index (χ4n) is 6.33. The van der Waals surface area contributed by atoms with Crippen LogP contribution in [0.4, 0.5) is 10.6 Å². The Kier molecular flexibility index (Phi) is 7.17. The van der Waals surface area contributed by atoms with Crippen LogP contribution in [0.5, 0.6) is 0 Å². The van der Waals surface area contributed by atoms with Gasteiger partial charge in [-0.3, -0.25) is 19.8 Å². The van der Waals surface area contributed by atoms with Gasteiger partial charge in [-0.1, -0.05) is 30.3 Å². The van der Waals surface area contributed by atoms with Crippen molar-refractivity contribution >= 4 is 23.7 Å². The molecule has 0 saturated carbocycles. The summed E-state index contributed by atoms with van der Waals surface area (Å²) in [5, 5.41) is 5.42. The second kappa shape index (κ2) is 10.4. The summed E-state index contributed by atoms with van der Waals surface area (Å²) in [5.41, 5.74) is 0.300. The van der Waals surface area contributed by atoms with Crippen LogP contribution < -0.4 is 10.6 Å². The Hall–Kier alpha value is -3.40. The Balaban J connectivity index is 1.27. The number of H-pyrrole nitrogens is 1. The van der Waals surface area contributed by atoms with Crippen LogP contribution in [0.15, 0.2) is 30.3 Å². The Morgan fingerprint density at radius 1 is 1.16 bits per heavy atom. The van der Waals surface area contributed by atoms with Crippen molar-refractivity contribution in [2.24, 2.45) is 5.41 Å². The fraction of sp³-hybridized carbons (Fsp3) is 0.571. The number of piperidine rings is 2. The number of ether oxygens (including phenoxy) is 1. The number of cyclic esters (lactones) is 1. The number of urea groups is 1. The van der Waals surface area contributed by atoms with Gasteiger partial charge in [0.15, 0.2) is 5.82 Å². The van der Waals surface area contributed by atoms with Gasteiger partial charge < -0.3 is 19.9 Å². The highest BCUT2D eigenvalue weighted by molar-refractivity contribution is 6.01. The highest BCUT2D eigenvalue weighted by Gasteiger charge is 2.54. The lowest BCUT2D eigenvalue weighted by molar-refractivity contribution is -0.154. The molecule has 0 radical (unpaired) electrons. The van der Waals surface area contributed by atoms with E-state index < -0.39 is 17.0 Å². The van der Waals surface area contributed by atoms with Crippen LogP contribution in [-0.2, 0) is 9.53 Å². The van der Waals surface area contributed by atoms with Crippen LogP contribution in [0.2, 0.25) is 0 Å². The maximum atomic E-state index is 13.6. The highest BCUT2D eigenvalue weighted by Crippen LogP contribution is 2.46. The predicted octanol–water partition coefficient (Wildman–Crippen LogP) is 3.63. The zero-order valence-corrected chi connectivity index (χ0v) is 22.5. The largest absolute Gasteiger partial charge is 0.459 e. The van der Waals surface area contributed by atoms with E-state index in [0.29, 0.717) is 31.5 Å². The van der Waals surface area contributed by atoms with Crippen molar-refractivity contribution in [2.75, 3.05) is 38.0 Å². The average Bonchev–Trinajstić information content (AvgIpc) is 3.41. The first kappa shape index (κ1) is 26.2. The quantitative estimate of drug-likeness (QED) is 0.516. The Labute approximate surface area is 223 Å². The molecule has 3 amide bonds. The maximum Gasteiger partial charge on any atom is 0.320 e. The van der Waals surface area contributed by atoms with Crippen molar-refractivity contribution in [3.8, 4) is 11.4 Å². The SMILES string of the molecule is CCNC(=O)Nc1nc(-c2ccccc2)[nH]c1C(=O)N1CCC(N2CCCC3(C2)CC(C)(C)OC3=O)CC1. The molecule has 3 aliphatic heterocycles. The molecule has 3 fully saturated rings. The number of benzene rings is 1. The van der Waals surface area contributed by atoms with Gasteiger partial charge in [-0.15, -0.1) is 0 Å². The van der Waals surface area contributed by atoms with Crippen molar-refractivity contribution in [3.05, 3.63) is 36.0 Å². The lowest BCUT2D eigenvalue weighted by atomic mass is 9.74. The summed E-state index contributed by atoms with van der Waals surface area (Å²) in [6, 6.07) is 9.44. The third-order valence-corrected chi connectivity index (χ3v) is 7.97. The molecule has 3 saturated heterocycles. The smallest absolute Gasteiger partial charge is 0.320 e. The van der Waals surface area contributed by atoms with Crippen LogP contribution in [0.1, 0.15) is 63.4 Å². The third-order valence-electron chi connectivity index (χ3n) is 7.97. The molecule has 1 unspecified atom stereocenters. The number of carbonyl (C=O) groups is 3. The van der Waals surface area contributed by atoms with E-state index in [1.807, 2.05) is 56.0 Å². The molecular weight excluding hydrogens is 484 g/mol. The van der Waals surface area contributed by atoms with Crippen molar-refractivity contribution in [1.29, 1.82) is 0 Å². The van der Waals surface area contributed by atoms with Gasteiger partial charge >= 0.3 is 12.0 Å². The average molecular weight is 523 g/mol. The van der Waals surface area contributed by atoms with E-state index >= 15 is 0 Å². The summed E-state index contributed by atoms with van der Waals surface area (Å²) >= 11 is 0. The molecule has 1 aromatic carbocycles. The molecule has 204 valence electrons. The summed E-state index contributed by atoms with van der Waals surface area (Å²) in [4.78, 5) is 50.6. The molecule has 10 heteroatoms. The first-order chi connectivity index (χ1) is 18.2. The van der Waals surface area contributed by atoms with E-state index in [1.165, 1.54) is 0 Å². The summed E-state index contributed by atoms with van der Waals surface area (Å²) in [5.74, 6) is 0.518. The topological polar surface area (TPSA) is 120 Å². The minimum absolute atomic E-state index is 0.0552. The first-order valence-corrected chi connectivity index (χ1v) is 13.7. The van der Waals surface area contributed by atoms with Crippen molar-refractivity contribution in [3.63, 3.8) is 0 Å². The monoisotopic (exact) mass is 522 g/mol. The van der Waals surface area contributed by atoms with Gasteiger partial charge in [-0.05, 0) is 53.0 Å². The van der Waals surface area contributed by atoms with Gasteiger partial charge in [0.2, 0.25) is 0 Å². The Morgan fingerprint density at radius 2 is 1.89 bits per heavy atom. The van der Waals surface area contributed by atoms with Crippen molar-refractivity contribution in [1.82, 2.24) is 25.1 Å². The number of amides is 3. The number of aromatic nitrogens is 2.